The molecule has 0 bridgehead atoms. The van der Waals surface area contributed by atoms with Gasteiger partial charge in [-0.2, -0.15) is 0 Å². The molecule has 0 aliphatic rings. The van der Waals surface area contributed by atoms with E-state index in [4.69, 9.17) is 4.74 Å². The van der Waals surface area contributed by atoms with E-state index in [0.717, 1.165) is 27.7 Å². The van der Waals surface area contributed by atoms with Crippen LogP contribution in [0.5, 0.6) is 0 Å². The quantitative estimate of drug-likeness (QED) is 0.383. The van der Waals surface area contributed by atoms with Gasteiger partial charge >= 0.3 is 5.97 Å². The minimum Gasteiger partial charge on any atom is -0.453 e. The summed E-state index contributed by atoms with van der Waals surface area (Å²) in [6, 6.07) is 9.96. The summed E-state index contributed by atoms with van der Waals surface area (Å²) in [5.41, 5.74) is 3.84. The highest BCUT2D eigenvalue weighted by Crippen LogP contribution is 2.17. The zero-order chi connectivity index (χ0) is 21.4. The van der Waals surface area contributed by atoms with E-state index in [0.29, 0.717) is 13.0 Å². The number of nitrogens with one attached hydrogen (secondary N) is 1. The van der Waals surface area contributed by atoms with Crippen molar-refractivity contribution in [1.82, 2.24) is 15.3 Å². The summed E-state index contributed by atoms with van der Waals surface area (Å²) in [5.74, 6) is -0.518. The molecule has 0 fully saturated rings. The summed E-state index contributed by atoms with van der Waals surface area (Å²) in [7, 11) is 0. The van der Waals surface area contributed by atoms with Crippen molar-refractivity contribution in [3.05, 3.63) is 52.8 Å². The van der Waals surface area contributed by atoms with Crippen LogP contribution in [0, 0.1) is 13.8 Å². The predicted octanol–water partition coefficient (Wildman–Crippen LogP) is 3.60. The molecule has 0 saturated carbocycles. The molecule has 1 heterocycles. The monoisotopic (exact) mass is 415 g/mol. The van der Waals surface area contributed by atoms with Crippen LogP contribution in [-0.2, 0) is 20.7 Å². The zero-order valence-corrected chi connectivity index (χ0v) is 18.5. The molecule has 1 amide bonds. The lowest BCUT2D eigenvalue weighted by Gasteiger charge is -2.17. The average molecular weight is 416 g/mol. The number of thioether (sulfide) groups is 1. The SMILES string of the molecule is CSc1nc(C)c(CCC(=O)O[C@@H](C)C(=O)NC[C@H](C)c2ccccc2)c(C)n1. The Kier molecular flexibility index (Phi) is 8.64. The highest BCUT2D eigenvalue weighted by molar-refractivity contribution is 7.98. The Morgan fingerprint density at radius 1 is 1.10 bits per heavy atom. The lowest BCUT2D eigenvalue weighted by Crippen LogP contribution is -2.37. The molecule has 7 heteroatoms. The topological polar surface area (TPSA) is 81.2 Å². The molecule has 0 spiro atoms. The fraction of sp³-hybridized carbons (Fsp3) is 0.455. The van der Waals surface area contributed by atoms with Crippen molar-refractivity contribution in [1.29, 1.82) is 0 Å². The number of hydrogen-bond acceptors (Lipinski definition) is 6. The maximum absolute atomic E-state index is 12.3. The number of carbonyl (C=O) groups excluding carboxylic acids is 2. The van der Waals surface area contributed by atoms with E-state index in [1.54, 1.807) is 6.92 Å². The zero-order valence-electron chi connectivity index (χ0n) is 17.7. The number of amides is 1. The molecule has 0 radical (unpaired) electrons. The standard InChI is InChI=1S/C22H29N3O3S/c1-14(18-9-7-6-8-10-18)13-23-21(27)17(4)28-20(26)12-11-19-15(2)24-22(29-5)25-16(19)3/h6-10,14,17H,11-13H2,1-5H3,(H,23,27)/t14-,17-/m0/s1. The van der Waals surface area contributed by atoms with Gasteiger partial charge in [-0.05, 0) is 50.5 Å². The lowest BCUT2D eigenvalue weighted by atomic mass is 10.0. The number of benzene rings is 1. The fourth-order valence-electron chi connectivity index (χ4n) is 3.00. The van der Waals surface area contributed by atoms with Crippen LogP contribution in [0.25, 0.3) is 0 Å². The summed E-state index contributed by atoms with van der Waals surface area (Å²) >= 11 is 1.49. The van der Waals surface area contributed by atoms with Crippen LogP contribution in [0.4, 0.5) is 0 Å². The first kappa shape index (κ1) is 22.9. The maximum Gasteiger partial charge on any atom is 0.306 e. The normalized spacial score (nSPS) is 12.9. The van der Waals surface area contributed by atoms with Gasteiger partial charge in [-0.15, -0.1) is 0 Å². The summed E-state index contributed by atoms with van der Waals surface area (Å²) in [6.45, 7) is 7.95. The number of ether oxygens (including phenoxy) is 1. The van der Waals surface area contributed by atoms with Crippen molar-refractivity contribution < 1.29 is 14.3 Å². The van der Waals surface area contributed by atoms with Crippen LogP contribution in [0.2, 0.25) is 0 Å². The van der Waals surface area contributed by atoms with Gasteiger partial charge in [0, 0.05) is 24.4 Å². The first-order valence-corrected chi connectivity index (χ1v) is 10.9. The van der Waals surface area contributed by atoms with Crippen molar-refractivity contribution in [3.63, 3.8) is 0 Å². The number of aromatic nitrogens is 2. The van der Waals surface area contributed by atoms with Crippen LogP contribution >= 0.6 is 11.8 Å². The van der Waals surface area contributed by atoms with Crippen LogP contribution in [0.15, 0.2) is 35.5 Å². The van der Waals surface area contributed by atoms with Gasteiger partial charge in [0.1, 0.15) is 0 Å². The molecular formula is C22H29N3O3S. The Morgan fingerprint density at radius 2 is 1.72 bits per heavy atom. The Bertz CT molecular complexity index is 819. The van der Waals surface area contributed by atoms with E-state index in [9.17, 15) is 9.59 Å². The Balaban J connectivity index is 1.80. The second-order valence-electron chi connectivity index (χ2n) is 7.05. The van der Waals surface area contributed by atoms with E-state index < -0.39 is 12.1 Å². The van der Waals surface area contributed by atoms with Crippen molar-refractivity contribution in [2.45, 2.75) is 57.7 Å². The highest BCUT2D eigenvalue weighted by atomic mass is 32.2. The van der Waals surface area contributed by atoms with Crippen molar-refractivity contribution in [2.24, 2.45) is 0 Å². The number of nitrogens with zero attached hydrogens (tertiary/aromatic N) is 2. The number of esters is 1. The van der Waals surface area contributed by atoms with Crippen LogP contribution in [-0.4, -0.2) is 40.7 Å². The molecule has 0 unspecified atom stereocenters. The average Bonchev–Trinajstić information content (AvgIpc) is 2.71. The summed E-state index contributed by atoms with van der Waals surface area (Å²) in [4.78, 5) is 33.3. The maximum atomic E-state index is 12.3. The number of rotatable bonds is 9. The van der Waals surface area contributed by atoms with E-state index in [2.05, 4.69) is 15.3 Å². The lowest BCUT2D eigenvalue weighted by molar-refractivity contribution is -0.154. The molecular weight excluding hydrogens is 386 g/mol. The Labute approximate surface area is 176 Å². The molecule has 1 aromatic heterocycles. The van der Waals surface area contributed by atoms with Crippen molar-refractivity contribution in [3.8, 4) is 0 Å². The molecule has 1 aromatic carbocycles. The molecule has 29 heavy (non-hydrogen) atoms. The Hall–Kier alpha value is -2.41. The number of hydrogen-bond donors (Lipinski definition) is 1. The second-order valence-corrected chi connectivity index (χ2v) is 7.82. The van der Waals surface area contributed by atoms with E-state index >= 15 is 0 Å². The summed E-state index contributed by atoms with van der Waals surface area (Å²) < 4.78 is 5.30. The van der Waals surface area contributed by atoms with Gasteiger partial charge in [0.05, 0.1) is 0 Å². The molecule has 2 atom stereocenters. The van der Waals surface area contributed by atoms with Gasteiger partial charge in [0.15, 0.2) is 11.3 Å². The van der Waals surface area contributed by atoms with Crippen LogP contribution in [0.3, 0.4) is 0 Å². The van der Waals surface area contributed by atoms with Crippen LogP contribution < -0.4 is 5.32 Å². The van der Waals surface area contributed by atoms with E-state index in [1.807, 2.05) is 57.4 Å². The molecule has 1 N–H and O–H groups in total. The van der Waals surface area contributed by atoms with Crippen molar-refractivity contribution >= 4 is 23.6 Å². The second kappa shape index (κ2) is 11.0. The largest absolute Gasteiger partial charge is 0.453 e. The first-order chi connectivity index (χ1) is 13.8. The predicted molar refractivity (Wildman–Crippen MR) is 115 cm³/mol. The molecule has 2 aromatic rings. The minimum atomic E-state index is -0.831. The van der Waals surface area contributed by atoms with Crippen molar-refractivity contribution in [2.75, 3.05) is 12.8 Å². The van der Waals surface area contributed by atoms with Gasteiger partial charge in [-0.1, -0.05) is 49.0 Å². The molecule has 2 rings (SSSR count). The Morgan fingerprint density at radius 3 is 2.31 bits per heavy atom. The third-order valence-corrected chi connectivity index (χ3v) is 5.34. The third-order valence-electron chi connectivity index (χ3n) is 4.79. The highest BCUT2D eigenvalue weighted by Gasteiger charge is 2.19. The van der Waals surface area contributed by atoms with Gasteiger partial charge in [-0.25, -0.2) is 9.97 Å². The van der Waals surface area contributed by atoms with Gasteiger partial charge in [0.2, 0.25) is 0 Å². The molecule has 156 valence electrons. The molecule has 6 nitrogen and oxygen atoms in total. The first-order valence-electron chi connectivity index (χ1n) is 9.72. The number of aryl methyl sites for hydroxylation is 2. The summed E-state index contributed by atoms with van der Waals surface area (Å²) in [6.07, 6.45) is 1.77. The molecule has 0 aliphatic carbocycles. The van der Waals surface area contributed by atoms with Gasteiger partial charge < -0.3 is 10.1 Å². The van der Waals surface area contributed by atoms with Gasteiger partial charge in [-0.3, -0.25) is 9.59 Å². The number of carbonyl (C=O) groups is 2. The molecule has 0 aliphatic heterocycles. The van der Waals surface area contributed by atoms with E-state index in [1.165, 1.54) is 11.8 Å². The minimum absolute atomic E-state index is 0.179. The van der Waals surface area contributed by atoms with E-state index in [-0.39, 0.29) is 18.2 Å². The molecule has 0 saturated heterocycles. The fourth-order valence-corrected chi connectivity index (χ4v) is 3.45. The smallest absolute Gasteiger partial charge is 0.306 e. The van der Waals surface area contributed by atoms with Gasteiger partial charge in [0.25, 0.3) is 5.91 Å². The summed E-state index contributed by atoms with van der Waals surface area (Å²) in [5, 5.41) is 3.58. The third kappa shape index (κ3) is 6.85. The van der Waals surface area contributed by atoms with Crippen LogP contribution in [0.1, 0.15) is 48.7 Å².